The normalized spacial score (nSPS) is 20.1. The molecular formula is C21H34N8O. The summed E-state index contributed by atoms with van der Waals surface area (Å²) in [6.07, 6.45) is 6.13. The van der Waals surface area contributed by atoms with Gasteiger partial charge >= 0.3 is 0 Å². The Morgan fingerprint density at radius 1 is 1.20 bits per heavy atom. The van der Waals surface area contributed by atoms with Crippen LogP contribution in [-0.4, -0.2) is 75.7 Å². The molecule has 0 amide bonds. The van der Waals surface area contributed by atoms with Crippen molar-refractivity contribution in [2.45, 2.75) is 52.0 Å². The molecule has 0 aromatic carbocycles. The largest absolute Gasteiger partial charge is 0.444 e. The molecule has 4 rings (SSSR count). The standard InChI is InChI=1S/C21H34N8O/c1-15-16(2)30-19(26-15)13-28-8-4-17(5-9-28)12-23-21(22-3)29-10-6-18(7-11-29)20-24-14-25-27-20/h14,17-18H,4-13H2,1-3H3,(H,22,23)(H,24,25,27). The monoisotopic (exact) mass is 414 g/mol. The number of aromatic amines is 1. The lowest BCUT2D eigenvalue weighted by molar-refractivity contribution is 0.163. The van der Waals surface area contributed by atoms with E-state index in [-0.39, 0.29) is 0 Å². The Morgan fingerprint density at radius 2 is 1.97 bits per heavy atom. The maximum absolute atomic E-state index is 5.74. The van der Waals surface area contributed by atoms with Gasteiger partial charge in [0, 0.05) is 32.6 Å². The fourth-order valence-corrected chi connectivity index (χ4v) is 4.49. The summed E-state index contributed by atoms with van der Waals surface area (Å²) >= 11 is 0. The molecule has 0 aliphatic carbocycles. The number of hydrogen-bond acceptors (Lipinski definition) is 6. The number of oxazole rings is 1. The van der Waals surface area contributed by atoms with Gasteiger partial charge in [-0.15, -0.1) is 0 Å². The van der Waals surface area contributed by atoms with E-state index in [1.165, 1.54) is 12.8 Å². The van der Waals surface area contributed by atoms with Crippen LogP contribution in [0.2, 0.25) is 0 Å². The van der Waals surface area contributed by atoms with Gasteiger partial charge in [-0.25, -0.2) is 9.97 Å². The summed E-state index contributed by atoms with van der Waals surface area (Å²) in [6.45, 7) is 9.96. The van der Waals surface area contributed by atoms with E-state index in [1.807, 2.05) is 20.9 Å². The van der Waals surface area contributed by atoms with Crippen molar-refractivity contribution in [3.8, 4) is 0 Å². The molecule has 2 fully saturated rings. The van der Waals surface area contributed by atoms with Crippen LogP contribution in [0.3, 0.4) is 0 Å². The number of guanidine groups is 1. The molecule has 2 aliphatic heterocycles. The molecule has 0 saturated carbocycles. The molecule has 0 bridgehead atoms. The molecule has 9 heteroatoms. The van der Waals surface area contributed by atoms with Gasteiger partial charge in [-0.2, -0.15) is 5.10 Å². The average molecular weight is 415 g/mol. The lowest BCUT2D eigenvalue weighted by Gasteiger charge is -2.35. The molecule has 164 valence electrons. The molecule has 2 N–H and O–H groups in total. The van der Waals surface area contributed by atoms with Gasteiger partial charge in [-0.3, -0.25) is 15.0 Å². The lowest BCUT2D eigenvalue weighted by Crippen LogP contribution is -2.47. The van der Waals surface area contributed by atoms with E-state index in [1.54, 1.807) is 6.33 Å². The molecule has 0 radical (unpaired) electrons. The van der Waals surface area contributed by atoms with Crippen LogP contribution < -0.4 is 5.32 Å². The van der Waals surface area contributed by atoms with Crippen LogP contribution in [0.25, 0.3) is 0 Å². The number of likely N-dealkylation sites (tertiary alicyclic amines) is 2. The van der Waals surface area contributed by atoms with Crippen LogP contribution in [0.5, 0.6) is 0 Å². The molecule has 4 heterocycles. The van der Waals surface area contributed by atoms with Crippen LogP contribution in [0, 0.1) is 19.8 Å². The maximum atomic E-state index is 5.74. The second-order valence-electron chi connectivity index (χ2n) is 8.53. The minimum Gasteiger partial charge on any atom is -0.444 e. The smallest absolute Gasteiger partial charge is 0.208 e. The van der Waals surface area contributed by atoms with Crippen molar-refractivity contribution in [1.82, 2.24) is 35.3 Å². The van der Waals surface area contributed by atoms with E-state index >= 15 is 0 Å². The minimum atomic E-state index is 0.474. The fraction of sp³-hybridized carbons (Fsp3) is 0.714. The van der Waals surface area contributed by atoms with Crippen molar-refractivity contribution in [3.63, 3.8) is 0 Å². The van der Waals surface area contributed by atoms with E-state index in [4.69, 9.17) is 4.42 Å². The van der Waals surface area contributed by atoms with Gasteiger partial charge in [-0.1, -0.05) is 0 Å². The summed E-state index contributed by atoms with van der Waals surface area (Å²) in [5.74, 6) is 4.97. The first-order chi connectivity index (χ1) is 14.6. The molecule has 2 aromatic heterocycles. The highest BCUT2D eigenvalue weighted by atomic mass is 16.4. The fourth-order valence-electron chi connectivity index (χ4n) is 4.49. The number of aliphatic imine (C=N–C) groups is 1. The van der Waals surface area contributed by atoms with Crippen molar-refractivity contribution >= 4 is 5.96 Å². The summed E-state index contributed by atoms with van der Waals surface area (Å²) in [5.41, 5.74) is 1.00. The first-order valence-electron chi connectivity index (χ1n) is 11.1. The van der Waals surface area contributed by atoms with Crippen LogP contribution in [0.15, 0.2) is 15.7 Å². The predicted molar refractivity (Wildman–Crippen MR) is 115 cm³/mol. The SMILES string of the molecule is CN=C(NCC1CCN(Cc2nc(C)c(C)o2)CC1)N1CCC(c2ncn[nH]2)CC1. The Labute approximate surface area is 178 Å². The van der Waals surface area contributed by atoms with Crippen molar-refractivity contribution in [2.24, 2.45) is 10.9 Å². The minimum absolute atomic E-state index is 0.474. The topological polar surface area (TPSA) is 98.5 Å². The highest BCUT2D eigenvalue weighted by Crippen LogP contribution is 2.25. The van der Waals surface area contributed by atoms with E-state index in [9.17, 15) is 0 Å². The van der Waals surface area contributed by atoms with E-state index in [0.29, 0.717) is 11.8 Å². The number of aromatic nitrogens is 4. The third-order valence-electron chi connectivity index (χ3n) is 6.51. The number of H-pyrrole nitrogens is 1. The van der Waals surface area contributed by atoms with Gasteiger partial charge in [0.05, 0.1) is 12.2 Å². The highest BCUT2D eigenvalue weighted by Gasteiger charge is 2.25. The quantitative estimate of drug-likeness (QED) is 0.571. The Kier molecular flexibility index (Phi) is 6.66. The Hall–Kier alpha value is -2.42. The van der Waals surface area contributed by atoms with Gasteiger partial charge in [-0.05, 0) is 58.5 Å². The second kappa shape index (κ2) is 9.59. The first-order valence-corrected chi connectivity index (χ1v) is 11.1. The Balaban J connectivity index is 1.18. The van der Waals surface area contributed by atoms with Gasteiger partial charge in [0.25, 0.3) is 0 Å². The zero-order valence-corrected chi connectivity index (χ0v) is 18.4. The molecule has 9 nitrogen and oxygen atoms in total. The van der Waals surface area contributed by atoms with Crippen LogP contribution in [0.4, 0.5) is 0 Å². The highest BCUT2D eigenvalue weighted by molar-refractivity contribution is 5.80. The number of piperidine rings is 2. The van der Waals surface area contributed by atoms with Crippen LogP contribution in [0.1, 0.15) is 54.8 Å². The molecular weight excluding hydrogens is 380 g/mol. The molecule has 2 saturated heterocycles. The van der Waals surface area contributed by atoms with E-state index in [2.05, 4.69) is 40.3 Å². The summed E-state index contributed by atoms with van der Waals surface area (Å²) in [5, 5.41) is 10.6. The van der Waals surface area contributed by atoms with Crippen LogP contribution in [-0.2, 0) is 6.54 Å². The molecule has 30 heavy (non-hydrogen) atoms. The van der Waals surface area contributed by atoms with Gasteiger partial charge in [0.1, 0.15) is 17.9 Å². The van der Waals surface area contributed by atoms with Crippen molar-refractivity contribution in [1.29, 1.82) is 0 Å². The van der Waals surface area contributed by atoms with E-state index < -0.39 is 0 Å². The second-order valence-corrected chi connectivity index (χ2v) is 8.53. The number of rotatable bonds is 5. The first kappa shape index (κ1) is 20.8. The van der Waals surface area contributed by atoms with E-state index in [0.717, 1.165) is 81.2 Å². The van der Waals surface area contributed by atoms with Crippen molar-refractivity contribution in [3.05, 3.63) is 29.5 Å². The van der Waals surface area contributed by atoms with Gasteiger partial charge < -0.3 is 14.6 Å². The number of aryl methyl sites for hydroxylation is 2. The molecule has 0 atom stereocenters. The zero-order valence-electron chi connectivity index (χ0n) is 18.4. The zero-order chi connectivity index (χ0) is 20.9. The lowest BCUT2D eigenvalue weighted by atomic mass is 9.96. The van der Waals surface area contributed by atoms with Crippen molar-refractivity contribution < 1.29 is 4.42 Å². The average Bonchev–Trinajstić information content (AvgIpc) is 3.40. The Morgan fingerprint density at radius 3 is 2.57 bits per heavy atom. The van der Waals surface area contributed by atoms with Gasteiger partial charge in [0.2, 0.25) is 5.89 Å². The number of hydrogen-bond donors (Lipinski definition) is 2. The summed E-state index contributed by atoms with van der Waals surface area (Å²) in [7, 11) is 1.88. The third kappa shape index (κ3) is 5.00. The van der Waals surface area contributed by atoms with Gasteiger partial charge in [0.15, 0.2) is 5.96 Å². The molecule has 2 aliphatic rings. The van der Waals surface area contributed by atoms with Crippen molar-refractivity contribution in [2.75, 3.05) is 39.8 Å². The Bertz CT molecular complexity index is 795. The predicted octanol–water partition coefficient (Wildman–Crippen LogP) is 2.08. The molecule has 0 spiro atoms. The maximum Gasteiger partial charge on any atom is 0.208 e. The summed E-state index contributed by atoms with van der Waals surface area (Å²) in [6, 6.07) is 0. The number of nitrogens with one attached hydrogen (secondary N) is 2. The molecule has 2 aromatic rings. The summed E-state index contributed by atoms with van der Waals surface area (Å²) < 4.78 is 5.74. The number of nitrogens with zero attached hydrogens (tertiary/aromatic N) is 6. The molecule has 0 unspecified atom stereocenters. The third-order valence-corrected chi connectivity index (χ3v) is 6.51. The van der Waals surface area contributed by atoms with Crippen LogP contribution >= 0.6 is 0 Å². The summed E-state index contributed by atoms with van der Waals surface area (Å²) in [4.78, 5) is 18.2.